The SMILES string of the molecule is N/C(=N/O)c1ccc(N(CCO)C2CC2)c(Br)c1. The lowest BCUT2D eigenvalue weighted by molar-refractivity contribution is 0.301. The molecule has 0 radical (unpaired) electrons. The number of amidine groups is 1. The highest BCUT2D eigenvalue weighted by atomic mass is 79.9. The van der Waals surface area contributed by atoms with Crippen molar-refractivity contribution in [2.75, 3.05) is 18.1 Å². The quantitative estimate of drug-likeness (QED) is 0.333. The van der Waals surface area contributed by atoms with Gasteiger partial charge in [0.1, 0.15) is 0 Å². The van der Waals surface area contributed by atoms with Crippen molar-refractivity contribution in [3.8, 4) is 0 Å². The van der Waals surface area contributed by atoms with E-state index >= 15 is 0 Å². The first kappa shape index (κ1) is 13.2. The molecule has 0 atom stereocenters. The third-order valence-corrected chi connectivity index (χ3v) is 3.62. The summed E-state index contributed by atoms with van der Waals surface area (Å²) in [5.41, 5.74) is 7.23. The summed E-state index contributed by atoms with van der Waals surface area (Å²) in [7, 11) is 0. The van der Waals surface area contributed by atoms with Gasteiger partial charge in [-0.25, -0.2) is 0 Å². The van der Waals surface area contributed by atoms with Crippen LogP contribution >= 0.6 is 15.9 Å². The molecule has 1 aromatic rings. The average Bonchev–Trinajstić information content (AvgIpc) is 3.19. The number of oxime groups is 1. The van der Waals surface area contributed by atoms with Crippen LogP contribution in [-0.2, 0) is 0 Å². The Morgan fingerprint density at radius 1 is 1.50 bits per heavy atom. The Hall–Kier alpha value is -1.27. The molecule has 0 amide bonds. The summed E-state index contributed by atoms with van der Waals surface area (Å²) in [5.74, 6) is 0.0855. The Labute approximate surface area is 114 Å². The molecule has 18 heavy (non-hydrogen) atoms. The Morgan fingerprint density at radius 2 is 2.22 bits per heavy atom. The maximum absolute atomic E-state index is 9.12. The minimum Gasteiger partial charge on any atom is -0.409 e. The van der Waals surface area contributed by atoms with Gasteiger partial charge in [-0.3, -0.25) is 0 Å². The van der Waals surface area contributed by atoms with Gasteiger partial charge in [-0.15, -0.1) is 0 Å². The molecule has 4 N–H and O–H groups in total. The molecule has 1 aliphatic rings. The molecular formula is C12H16BrN3O2. The maximum Gasteiger partial charge on any atom is 0.170 e. The van der Waals surface area contributed by atoms with Gasteiger partial charge in [-0.2, -0.15) is 0 Å². The second kappa shape index (κ2) is 5.58. The Bertz CT molecular complexity index is 461. The Morgan fingerprint density at radius 3 is 2.72 bits per heavy atom. The van der Waals surface area contributed by atoms with E-state index in [1.807, 2.05) is 18.2 Å². The first-order valence-corrected chi connectivity index (χ1v) is 6.61. The molecule has 1 saturated carbocycles. The van der Waals surface area contributed by atoms with E-state index < -0.39 is 0 Å². The molecule has 0 saturated heterocycles. The monoisotopic (exact) mass is 313 g/mol. The molecule has 5 nitrogen and oxygen atoms in total. The lowest BCUT2D eigenvalue weighted by Crippen LogP contribution is -2.29. The van der Waals surface area contributed by atoms with Gasteiger partial charge in [0.2, 0.25) is 0 Å². The molecule has 98 valence electrons. The van der Waals surface area contributed by atoms with E-state index in [4.69, 9.17) is 16.0 Å². The zero-order valence-corrected chi connectivity index (χ0v) is 11.5. The predicted molar refractivity (Wildman–Crippen MR) is 74.1 cm³/mol. The zero-order valence-electron chi connectivity index (χ0n) is 9.88. The first-order chi connectivity index (χ1) is 8.67. The number of anilines is 1. The van der Waals surface area contributed by atoms with Crippen LogP contribution in [0.5, 0.6) is 0 Å². The zero-order chi connectivity index (χ0) is 13.1. The van der Waals surface area contributed by atoms with Crippen LogP contribution in [0.2, 0.25) is 0 Å². The number of nitrogens with two attached hydrogens (primary N) is 1. The van der Waals surface area contributed by atoms with Crippen molar-refractivity contribution in [3.05, 3.63) is 28.2 Å². The number of hydrogen-bond acceptors (Lipinski definition) is 4. The highest BCUT2D eigenvalue weighted by Gasteiger charge is 2.29. The molecule has 0 heterocycles. The Kier molecular flexibility index (Phi) is 4.08. The molecule has 1 aromatic carbocycles. The largest absolute Gasteiger partial charge is 0.409 e. The lowest BCUT2D eigenvalue weighted by Gasteiger charge is -2.25. The van der Waals surface area contributed by atoms with Gasteiger partial charge in [-0.05, 0) is 47.0 Å². The number of hydrogen-bond donors (Lipinski definition) is 3. The van der Waals surface area contributed by atoms with Crippen molar-refractivity contribution >= 4 is 27.5 Å². The van der Waals surface area contributed by atoms with Crippen LogP contribution in [0.1, 0.15) is 18.4 Å². The van der Waals surface area contributed by atoms with Crippen molar-refractivity contribution in [3.63, 3.8) is 0 Å². The van der Waals surface area contributed by atoms with E-state index in [0.717, 1.165) is 23.0 Å². The van der Waals surface area contributed by atoms with Crippen LogP contribution in [-0.4, -0.2) is 35.3 Å². The molecule has 6 heteroatoms. The number of rotatable bonds is 5. The van der Waals surface area contributed by atoms with Crippen LogP contribution in [0.15, 0.2) is 27.8 Å². The summed E-state index contributed by atoms with van der Waals surface area (Å²) in [6, 6.07) is 6.06. The average molecular weight is 314 g/mol. The first-order valence-electron chi connectivity index (χ1n) is 5.82. The minimum absolute atomic E-state index is 0.0855. The van der Waals surface area contributed by atoms with Crippen molar-refractivity contribution < 1.29 is 10.3 Å². The summed E-state index contributed by atoms with van der Waals surface area (Å²) in [6.45, 7) is 0.747. The van der Waals surface area contributed by atoms with Crippen molar-refractivity contribution in [1.82, 2.24) is 0 Å². The van der Waals surface area contributed by atoms with Crippen molar-refractivity contribution in [2.45, 2.75) is 18.9 Å². The summed E-state index contributed by atoms with van der Waals surface area (Å²) in [6.07, 6.45) is 2.32. The van der Waals surface area contributed by atoms with Crippen LogP contribution in [0.4, 0.5) is 5.69 Å². The number of aliphatic hydroxyl groups is 1. The number of aliphatic hydroxyl groups excluding tert-OH is 1. The number of halogens is 1. The van der Waals surface area contributed by atoms with Gasteiger partial charge in [0.05, 0.1) is 12.3 Å². The molecule has 1 aliphatic carbocycles. The smallest absolute Gasteiger partial charge is 0.170 e. The van der Waals surface area contributed by atoms with Crippen LogP contribution in [0.25, 0.3) is 0 Å². The van der Waals surface area contributed by atoms with Gasteiger partial charge in [0.15, 0.2) is 5.84 Å². The highest BCUT2D eigenvalue weighted by molar-refractivity contribution is 9.10. The van der Waals surface area contributed by atoms with E-state index in [1.165, 1.54) is 0 Å². The van der Waals surface area contributed by atoms with Crippen LogP contribution in [0.3, 0.4) is 0 Å². The molecule has 2 rings (SSSR count). The Balaban J connectivity index is 2.27. The van der Waals surface area contributed by atoms with Crippen LogP contribution < -0.4 is 10.6 Å². The van der Waals surface area contributed by atoms with Gasteiger partial charge >= 0.3 is 0 Å². The third-order valence-electron chi connectivity index (χ3n) is 2.99. The van der Waals surface area contributed by atoms with Gasteiger partial charge in [0, 0.05) is 22.6 Å². The molecular weight excluding hydrogens is 298 g/mol. The maximum atomic E-state index is 9.12. The number of nitrogens with zero attached hydrogens (tertiary/aromatic N) is 2. The van der Waals surface area contributed by atoms with Gasteiger partial charge in [-0.1, -0.05) is 5.16 Å². The summed E-state index contributed by atoms with van der Waals surface area (Å²) in [5, 5.41) is 20.7. The fraction of sp³-hybridized carbons (Fsp3) is 0.417. The van der Waals surface area contributed by atoms with Crippen molar-refractivity contribution in [1.29, 1.82) is 0 Å². The van der Waals surface area contributed by atoms with E-state index in [1.54, 1.807) is 0 Å². The highest BCUT2D eigenvalue weighted by Crippen LogP contribution is 2.35. The molecule has 0 spiro atoms. The molecule has 0 aliphatic heterocycles. The fourth-order valence-corrected chi connectivity index (χ4v) is 2.56. The standard InChI is InChI=1S/C12H16BrN3O2/c13-10-7-8(12(14)15-18)1-4-11(10)16(5-6-17)9-2-3-9/h1,4,7,9,17-18H,2-3,5-6H2,(H2,14,15). The summed E-state index contributed by atoms with van der Waals surface area (Å²) in [4.78, 5) is 2.18. The lowest BCUT2D eigenvalue weighted by atomic mass is 10.2. The third kappa shape index (κ3) is 2.76. The molecule has 0 aromatic heterocycles. The predicted octanol–water partition coefficient (Wildman–Crippen LogP) is 1.50. The number of benzene rings is 1. The second-order valence-electron chi connectivity index (χ2n) is 4.30. The van der Waals surface area contributed by atoms with Crippen molar-refractivity contribution in [2.24, 2.45) is 10.9 Å². The van der Waals surface area contributed by atoms with Crippen LogP contribution in [0, 0.1) is 0 Å². The summed E-state index contributed by atoms with van der Waals surface area (Å²) >= 11 is 3.50. The fourth-order valence-electron chi connectivity index (χ4n) is 1.95. The van der Waals surface area contributed by atoms with E-state index in [-0.39, 0.29) is 12.4 Å². The van der Waals surface area contributed by atoms with Gasteiger partial charge < -0.3 is 20.9 Å². The van der Waals surface area contributed by atoms with E-state index in [9.17, 15) is 0 Å². The minimum atomic E-state index is 0.0855. The molecule has 1 fully saturated rings. The van der Waals surface area contributed by atoms with Gasteiger partial charge in [0.25, 0.3) is 0 Å². The summed E-state index contributed by atoms with van der Waals surface area (Å²) < 4.78 is 0.881. The molecule has 0 bridgehead atoms. The molecule has 0 unspecified atom stereocenters. The second-order valence-corrected chi connectivity index (χ2v) is 5.15. The normalized spacial score (nSPS) is 15.8. The van der Waals surface area contributed by atoms with E-state index in [2.05, 4.69) is 26.0 Å². The van der Waals surface area contributed by atoms with E-state index in [0.29, 0.717) is 18.2 Å². The topological polar surface area (TPSA) is 82.1 Å².